The fraction of sp³-hybridized carbons (Fsp3) is 0.333. The van der Waals surface area contributed by atoms with Crippen LogP contribution in [0.3, 0.4) is 0 Å². The van der Waals surface area contributed by atoms with Gasteiger partial charge in [-0.15, -0.1) is 0 Å². The molecule has 0 heteroatoms. The summed E-state index contributed by atoms with van der Waals surface area (Å²) in [6.07, 6.45) is 12.5. The number of rotatable bonds is 3. The first-order valence-corrected chi connectivity index (χ1v) is 4.31. The van der Waals surface area contributed by atoms with Gasteiger partial charge in [-0.3, -0.25) is 0 Å². The van der Waals surface area contributed by atoms with Crippen molar-refractivity contribution in [3.63, 3.8) is 0 Å². The van der Waals surface area contributed by atoms with E-state index in [9.17, 15) is 0 Å². The highest BCUT2D eigenvalue weighted by Gasteiger charge is 1.79. The highest BCUT2D eigenvalue weighted by Crippen LogP contribution is 2.00. The molecule has 0 bridgehead atoms. The Bertz CT molecular complexity index is 224. The Labute approximate surface area is 76.0 Å². The zero-order valence-corrected chi connectivity index (χ0v) is 8.46. The Hall–Kier alpha value is -1.04. The van der Waals surface area contributed by atoms with Crippen molar-refractivity contribution in [2.24, 2.45) is 0 Å². The van der Waals surface area contributed by atoms with Crippen LogP contribution in [0.25, 0.3) is 0 Å². The van der Waals surface area contributed by atoms with E-state index in [1.807, 2.05) is 26.0 Å². The third kappa shape index (κ3) is 5.72. The first-order valence-electron chi connectivity index (χ1n) is 4.31. The third-order valence-corrected chi connectivity index (χ3v) is 1.62. The monoisotopic (exact) mass is 162 g/mol. The van der Waals surface area contributed by atoms with Gasteiger partial charge in [-0.1, -0.05) is 47.6 Å². The Morgan fingerprint density at radius 3 is 2.00 bits per heavy atom. The molecule has 66 valence electrons. The maximum absolute atomic E-state index is 2.12. The number of hydrogen-bond acceptors (Lipinski definition) is 0. The molecule has 12 heavy (non-hydrogen) atoms. The zero-order valence-electron chi connectivity index (χ0n) is 8.46. The first kappa shape index (κ1) is 11.0. The second-order valence-electron chi connectivity index (χ2n) is 2.80. The SMILES string of the molecule is C\C=C/C=C(C)/C=C/C(C)=C\C. The van der Waals surface area contributed by atoms with Crippen LogP contribution < -0.4 is 0 Å². The van der Waals surface area contributed by atoms with Crippen molar-refractivity contribution in [1.29, 1.82) is 0 Å². The molecule has 0 aromatic heterocycles. The fourth-order valence-corrected chi connectivity index (χ4v) is 0.663. The lowest BCUT2D eigenvalue weighted by atomic mass is 10.2. The van der Waals surface area contributed by atoms with Gasteiger partial charge in [0, 0.05) is 0 Å². The number of allylic oxidation sites excluding steroid dienone is 8. The molecule has 0 fully saturated rings. The van der Waals surface area contributed by atoms with Gasteiger partial charge in [0.25, 0.3) is 0 Å². The minimum atomic E-state index is 1.27. The summed E-state index contributed by atoms with van der Waals surface area (Å²) in [5, 5.41) is 0. The van der Waals surface area contributed by atoms with Crippen molar-refractivity contribution < 1.29 is 0 Å². The molecule has 0 N–H and O–H groups in total. The van der Waals surface area contributed by atoms with Gasteiger partial charge in [-0.25, -0.2) is 0 Å². The number of hydrogen-bond donors (Lipinski definition) is 0. The lowest BCUT2D eigenvalue weighted by Crippen LogP contribution is -1.68. The standard InChI is InChI=1S/C12H18/c1-5-7-8-12(4)10-9-11(3)6-2/h5-10H,1-4H3/b7-5-,10-9+,11-6-,12-8+. The second kappa shape index (κ2) is 6.66. The third-order valence-electron chi connectivity index (χ3n) is 1.62. The summed E-state index contributed by atoms with van der Waals surface area (Å²) in [5.41, 5.74) is 2.57. The zero-order chi connectivity index (χ0) is 9.40. The molecule has 0 atom stereocenters. The summed E-state index contributed by atoms with van der Waals surface area (Å²) < 4.78 is 0. The van der Waals surface area contributed by atoms with Crippen LogP contribution in [0.1, 0.15) is 27.7 Å². The normalized spacial score (nSPS) is 15.0. The van der Waals surface area contributed by atoms with Crippen LogP contribution in [0.2, 0.25) is 0 Å². The van der Waals surface area contributed by atoms with Gasteiger partial charge in [0.15, 0.2) is 0 Å². The molecule has 0 radical (unpaired) electrons. The van der Waals surface area contributed by atoms with Crippen LogP contribution in [-0.2, 0) is 0 Å². The van der Waals surface area contributed by atoms with Gasteiger partial charge in [0.05, 0.1) is 0 Å². The summed E-state index contributed by atoms with van der Waals surface area (Å²) in [6, 6.07) is 0. The van der Waals surface area contributed by atoms with E-state index in [2.05, 4.69) is 38.2 Å². The van der Waals surface area contributed by atoms with Gasteiger partial charge >= 0.3 is 0 Å². The van der Waals surface area contributed by atoms with Crippen molar-refractivity contribution in [1.82, 2.24) is 0 Å². The molecule has 0 aromatic rings. The molecule has 0 nitrogen and oxygen atoms in total. The molecule has 0 saturated heterocycles. The topological polar surface area (TPSA) is 0 Å². The van der Waals surface area contributed by atoms with E-state index < -0.39 is 0 Å². The summed E-state index contributed by atoms with van der Waals surface area (Å²) in [7, 11) is 0. The highest BCUT2D eigenvalue weighted by atomic mass is 13.9. The fourth-order valence-electron chi connectivity index (χ4n) is 0.663. The predicted octanol–water partition coefficient (Wildman–Crippen LogP) is 4.03. The molecule has 0 spiro atoms. The van der Waals surface area contributed by atoms with Gasteiger partial charge < -0.3 is 0 Å². The molecular weight excluding hydrogens is 144 g/mol. The quantitative estimate of drug-likeness (QED) is 0.549. The van der Waals surface area contributed by atoms with Crippen LogP contribution in [0.4, 0.5) is 0 Å². The highest BCUT2D eigenvalue weighted by molar-refractivity contribution is 5.27. The summed E-state index contributed by atoms with van der Waals surface area (Å²) in [6.45, 7) is 8.26. The van der Waals surface area contributed by atoms with Gasteiger partial charge in [0.2, 0.25) is 0 Å². The van der Waals surface area contributed by atoms with E-state index in [1.54, 1.807) is 0 Å². The Morgan fingerprint density at radius 2 is 1.50 bits per heavy atom. The summed E-state index contributed by atoms with van der Waals surface area (Å²) >= 11 is 0. The van der Waals surface area contributed by atoms with E-state index in [4.69, 9.17) is 0 Å². The minimum Gasteiger partial charge on any atom is -0.0877 e. The Kier molecular flexibility index (Phi) is 6.08. The Balaban J connectivity index is 4.16. The van der Waals surface area contributed by atoms with E-state index in [0.717, 1.165) is 0 Å². The van der Waals surface area contributed by atoms with Crippen molar-refractivity contribution in [2.75, 3.05) is 0 Å². The summed E-state index contributed by atoms with van der Waals surface area (Å²) in [4.78, 5) is 0. The molecule has 0 heterocycles. The molecule has 0 aliphatic rings. The van der Waals surface area contributed by atoms with Crippen LogP contribution in [0, 0.1) is 0 Å². The maximum atomic E-state index is 2.12. The molecule has 0 saturated carbocycles. The largest absolute Gasteiger partial charge is 0.0877 e. The average Bonchev–Trinajstić information content (AvgIpc) is 2.10. The van der Waals surface area contributed by atoms with Gasteiger partial charge in [-0.05, 0) is 27.7 Å². The van der Waals surface area contributed by atoms with Crippen molar-refractivity contribution in [3.05, 3.63) is 47.6 Å². The average molecular weight is 162 g/mol. The maximum Gasteiger partial charge on any atom is -0.0398 e. The molecule has 0 aromatic carbocycles. The molecular formula is C12H18. The molecule has 0 aliphatic carbocycles. The van der Waals surface area contributed by atoms with Crippen LogP contribution in [0.15, 0.2) is 47.6 Å². The van der Waals surface area contributed by atoms with Crippen molar-refractivity contribution >= 4 is 0 Å². The van der Waals surface area contributed by atoms with Crippen molar-refractivity contribution in [3.8, 4) is 0 Å². The van der Waals surface area contributed by atoms with Crippen LogP contribution in [-0.4, -0.2) is 0 Å². The van der Waals surface area contributed by atoms with Crippen LogP contribution >= 0.6 is 0 Å². The van der Waals surface area contributed by atoms with Gasteiger partial charge in [-0.2, -0.15) is 0 Å². The Morgan fingerprint density at radius 1 is 0.917 bits per heavy atom. The molecule has 0 amide bonds. The van der Waals surface area contributed by atoms with E-state index >= 15 is 0 Å². The molecule has 0 rings (SSSR count). The van der Waals surface area contributed by atoms with Crippen molar-refractivity contribution in [2.45, 2.75) is 27.7 Å². The first-order chi connectivity index (χ1) is 5.70. The molecule has 0 aliphatic heterocycles. The van der Waals surface area contributed by atoms with Crippen LogP contribution in [0.5, 0.6) is 0 Å². The lowest BCUT2D eigenvalue weighted by molar-refractivity contribution is 1.44. The smallest absolute Gasteiger partial charge is 0.0398 e. The van der Waals surface area contributed by atoms with E-state index in [1.165, 1.54) is 11.1 Å². The predicted molar refractivity (Wildman–Crippen MR) is 57.1 cm³/mol. The summed E-state index contributed by atoms with van der Waals surface area (Å²) in [5.74, 6) is 0. The van der Waals surface area contributed by atoms with Gasteiger partial charge in [0.1, 0.15) is 0 Å². The van der Waals surface area contributed by atoms with E-state index in [-0.39, 0.29) is 0 Å². The molecule has 0 unspecified atom stereocenters. The van der Waals surface area contributed by atoms with E-state index in [0.29, 0.717) is 0 Å². The second-order valence-corrected chi connectivity index (χ2v) is 2.80. The lowest BCUT2D eigenvalue weighted by Gasteiger charge is -1.89. The minimum absolute atomic E-state index is 1.27.